The number of hydrogen-bond acceptors (Lipinski definition) is 5. The van der Waals surface area contributed by atoms with Crippen molar-refractivity contribution in [3.63, 3.8) is 0 Å². The zero-order valence-electron chi connectivity index (χ0n) is 11.8. The summed E-state index contributed by atoms with van der Waals surface area (Å²) in [6.07, 6.45) is 5.12. The van der Waals surface area contributed by atoms with Crippen LogP contribution in [0.5, 0.6) is 5.75 Å². The summed E-state index contributed by atoms with van der Waals surface area (Å²) in [6, 6.07) is 4.72. The largest absolute Gasteiger partial charge is 0.507 e. The average Bonchev–Trinajstić information content (AvgIpc) is 3.00. The van der Waals surface area contributed by atoms with E-state index in [2.05, 4.69) is 10.1 Å². The molecule has 1 fully saturated rings. The number of benzene rings is 1. The molecule has 112 valence electrons. The number of phenols is 1. The predicted octanol–water partition coefficient (Wildman–Crippen LogP) is 3.90. The molecule has 21 heavy (non-hydrogen) atoms. The summed E-state index contributed by atoms with van der Waals surface area (Å²) < 4.78 is 11.0. The highest BCUT2D eigenvalue weighted by Gasteiger charge is 2.38. The van der Waals surface area contributed by atoms with Gasteiger partial charge >= 0.3 is 0 Å². The van der Waals surface area contributed by atoms with Gasteiger partial charge in [0.15, 0.2) is 0 Å². The molecule has 0 aliphatic heterocycles. The molecule has 0 radical (unpaired) electrons. The Morgan fingerprint density at radius 2 is 2.05 bits per heavy atom. The van der Waals surface area contributed by atoms with E-state index in [1.165, 1.54) is 12.5 Å². The van der Waals surface area contributed by atoms with Crippen LogP contribution >= 0.6 is 11.6 Å². The number of methoxy groups -OCH3 is 1. The fourth-order valence-electron chi connectivity index (χ4n) is 2.84. The van der Waals surface area contributed by atoms with E-state index in [4.69, 9.17) is 20.9 Å². The van der Waals surface area contributed by atoms with Gasteiger partial charge in [-0.25, -0.2) is 0 Å². The molecular formula is C15H17ClN2O3. The van der Waals surface area contributed by atoms with E-state index in [9.17, 15) is 5.11 Å². The van der Waals surface area contributed by atoms with E-state index in [0.29, 0.717) is 16.4 Å². The molecule has 1 aromatic heterocycles. The van der Waals surface area contributed by atoms with Crippen LogP contribution in [0.25, 0.3) is 11.5 Å². The molecular weight excluding hydrogens is 292 g/mol. The maximum Gasteiger partial charge on any atom is 0.261 e. The van der Waals surface area contributed by atoms with Gasteiger partial charge in [-0.2, -0.15) is 4.98 Å². The van der Waals surface area contributed by atoms with Crippen LogP contribution in [0.4, 0.5) is 0 Å². The molecule has 1 saturated carbocycles. The first-order valence-electron chi connectivity index (χ1n) is 7.03. The van der Waals surface area contributed by atoms with Gasteiger partial charge in [-0.05, 0) is 31.0 Å². The van der Waals surface area contributed by atoms with Crippen molar-refractivity contribution in [3.05, 3.63) is 29.0 Å². The second-order valence-electron chi connectivity index (χ2n) is 5.34. The summed E-state index contributed by atoms with van der Waals surface area (Å²) in [7, 11) is 1.68. The Balaban J connectivity index is 1.97. The standard InChI is InChI=1S/C15H17ClN2O3/c1-20-15(7-3-2-4-8-15)14-17-13(21-18-14)11-9-10(16)5-6-12(11)19/h5-6,9,19H,2-4,7-8H2,1H3. The first-order chi connectivity index (χ1) is 10.1. The normalized spacial score (nSPS) is 17.8. The number of ether oxygens (including phenoxy) is 1. The summed E-state index contributed by atoms with van der Waals surface area (Å²) >= 11 is 5.95. The number of rotatable bonds is 3. The van der Waals surface area contributed by atoms with E-state index in [1.807, 2.05) is 0 Å². The van der Waals surface area contributed by atoms with Crippen LogP contribution < -0.4 is 0 Å². The Labute approximate surface area is 127 Å². The molecule has 1 N–H and O–H groups in total. The second-order valence-corrected chi connectivity index (χ2v) is 5.78. The second kappa shape index (κ2) is 5.66. The molecule has 2 aromatic rings. The lowest BCUT2D eigenvalue weighted by atomic mass is 9.84. The lowest BCUT2D eigenvalue weighted by molar-refractivity contribution is -0.0527. The molecule has 0 atom stereocenters. The SMILES string of the molecule is COC1(c2noc(-c3cc(Cl)ccc3O)n2)CCCCC1. The summed E-state index contributed by atoms with van der Waals surface area (Å²) in [5.74, 6) is 0.857. The monoisotopic (exact) mass is 308 g/mol. The van der Waals surface area contributed by atoms with Crippen molar-refractivity contribution in [2.75, 3.05) is 7.11 Å². The van der Waals surface area contributed by atoms with Gasteiger partial charge in [0, 0.05) is 12.1 Å². The van der Waals surface area contributed by atoms with Crippen LogP contribution in [0, 0.1) is 0 Å². The van der Waals surface area contributed by atoms with Crippen LogP contribution in [0.2, 0.25) is 5.02 Å². The maximum absolute atomic E-state index is 9.91. The Morgan fingerprint density at radius 3 is 2.76 bits per heavy atom. The van der Waals surface area contributed by atoms with Crippen LogP contribution in [-0.2, 0) is 10.3 Å². The van der Waals surface area contributed by atoms with E-state index >= 15 is 0 Å². The third-order valence-electron chi connectivity index (χ3n) is 4.07. The molecule has 6 heteroatoms. The predicted molar refractivity (Wildman–Crippen MR) is 78.2 cm³/mol. The topological polar surface area (TPSA) is 68.4 Å². The van der Waals surface area contributed by atoms with Crippen LogP contribution in [-0.4, -0.2) is 22.4 Å². The van der Waals surface area contributed by atoms with Gasteiger partial charge in [0.25, 0.3) is 5.89 Å². The lowest BCUT2D eigenvalue weighted by Crippen LogP contribution is -2.32. The smallest absolute Gasteiger partial charge is 0.261 e. The summed E-state index contributed by atoms with van der Waals surface area (Å²) in [5, 5.41) is 14.5. The molecule has 0 saturated heterocycles. The minimum absolute atomic E-state index is 0.0599. The van der Waals surface area contributed by atoms with Crippen LogP contribution in [0.1, 0.15) is 37.9 Å². The first-order valence-corrected chi connectivity index (χ1v) is 7.41. The van der Waals surface area contributed by atoms with E-state index < -0.39 is 5.60 Å². The maximum atomic E-state index is 9.91. The molecule has 0 unspecified atom stereocenters. The molecule has 5 nitrogen and oxygen atoms in total. The first kappa shape index (κ1) is 14.4. The number of hydrogen-bond donors (Lipinski definition) is 1. The number of halogens is 1. The number of aromatic hydroxyl groups is 1. The third-order valence-corrected chi connectivity index (χ3v) is 4.31. The van der Waals surface area contributed by atoms with Crippen LogP contribution in [0.3, 0.4) is 0 Å². The number of nitrogens with zero attached hydrogens (tertiary/aromatic N) is 2. The molecule has 1 aliphatic rings. The molecule has 1 aliphatic carbocycles. The lowest BCUT2D eigenvalue weighted by Gasteiger charge is -2.32. The quantitative estimate of drug-likeness (QED) is 0.931. The van der Waals surface area contributed by atoms with Gasteiger partial charge < -0.3 is 14.4 Å². The van der Waals surface area contributed by atoms with E-state index in [-0.39, 0.29) is 11.6 Å². The molecule has 1 aromatic carbocycles. The summed E-state index contributed by atoms with van der Waals surface area (Å²) in [6.45, 7) is 0. The minimum Gasteiger partial charge on any atom is -0.507 e. The van der Waals surface area contributed by atoms with Crippen molar-refractivity contribution >= 4 is 11.6 Å². The highest BCUT2D eigenvalue weighted by molar-refractivity contribution is 6.30. The van der Waals surface area contributed by atoms with Gasteiger partial charge in [-0.3, -0.25) is 0 Å². The summed E-state index contributed by atoms with van der Waals surface area (Å²) in [4.78, 5) is 4.43. The van der Waals surface area contributed by atoms with E-state index in [0.717, 1.165) is 25.7 Å². The molecule has 0 spiro atoms. The molecule has 3 rings (SSSR count). The highest BCUT2D eigenvalue weighted by atomic mass is 35.5. The van der Waals surface area contributed by atoms with Gasteiger partial charge in [-0.1, -0.05) is 36.0 Å². The van der Waals surface area contributed by atoms with Gasteiger partial charge in [-0.15, -0.1) is 0 Å². The third kappa shape index (κ3) is 2.63. The van der Waals surface area contributed by atoms with E-state index in [1.54, 1.807) is 19.2 Å². The van der Waals surface area contributed by atoms with Crippen molar-refractivity contribution in [1.82, 2.24) is 10.1 Å². The van der Waals surface area contributed by atoms with Crippen molar-refractivity contribution in [3.8, 4) is 17.2 Å². The Morgan fingerprint density at radius 1 is 1.29 bits per heavy atom. The van der Waals surface area contributed by atoms with Crippen LogP contribution in [0.15, 0.2) is 22.7 Å². The van der Waals surface area contributed by atoms with Crippen molar-refractivity contribution in [1.29, 1.82) is 0 Å². The average molecular weight is 309 g/mol. The van der Waals surface area contributed by atoms with Gasteiger partial charge in [0.05, 0.1) is 5.56 Å². The van der Waals surface area contributed by atoms with Gasteiger partial charge in [0.2, 0.25) is 5.82 Å². The van der Waals surface area contributed by atoms with Gasteiger partial charge in [0.1, 0.15) is 11.4 Å². The zero-order chi connectivity index (χ0) is 14.9. The Bertz CT molecular complexity index is 636. The molecule has 0 amide bonds. The van der Waals surface area contributed by atoms with Crippen molar-refractivity contribution in [2.24, 2.45) is 0 Å². The number of phenolic OH excluding ortho intramolecular Hbond substituents is 1. The molecule has 0 bridgehead atoms. The Hall–Kier alpha value is -1.59. The van der Waals surface area contributed by atoms with Crippen molar-refractivity contribution in [2.45, 2.75) is 37.7 Å². The number of aromatic nitrogens is 2. The summed E-state index contributed by atoms with van der Waals surface area (Å²) in [5.41, 5.74) is -0.0444. The van der Waals surface area contributed by atoms with Crippen molar-refractivity contribution < 1.29 is 14.4 Å². The highest BCUT2D eigenvalue weighted by Crippen LogP contribution is 2.40. The molecule has 1 heterocycles. The minimum atomic E-state index is -0.478. The fraction of sp³-hybridized carbons (Fsp3) is 0.467. The Kier molecular flexibility index (Phi) is 3.87. The fourth-order valence-corrected chi connectivity index (χ4v) is 3.01. The zero-order valence-corrected chi connectivity index (χ0v) is 12.6.